The van der Waals surface area contributed by atoms with Crippen LogP contribution >= 0.6 is 11.3 Å². The highest BCUT2D eigenvalue weighted by Gasteiger charge is 2.18. The van der Waals surface area contributed by atoms with Gasteiger partial charge in [-0.1, -0.05) is 41.2 Å². The fourth-order valence-electron chi connectivity index (χ4n) is 1.91. The molecule has 0 aliphatic carbocycles. The van der Waals surface area contributed by atoms with E-state index in [9.17, 15) is 4.79 Å². The van der Waals surface area contributed by atoms with E-state index in [2.05, 4.69) is 10.3 Å². The predicted octanol–water partition coefficient (Wildman–Crippen LogP) is 3.37. The van der Waals surface area contributed by atoms with Crippen LogP contribution in [-0.2, 0) is 0 Å². The van der Waals surface area contributed by atoms with Gasteiger partial charge in [0.25, 0.3) is 5.91 Å². The number of carbonyl (C=O) groups excluding carboxylic acids is 1. The largest absolute Gasteiger partial charge is 0.389 e. The second-order valence-corrected chi connectivity index (χ2v) is 6.09. The number of nitrogen functional groups attached to an aromatic ring is 1. The number of anilines is 1. The SMILES string of the molecule is CC(C)=C(C=N)NC(=O)c1nc(-c2ccccc2C)sc1N. The zero-order chi connectivity index (χ0) is 16.3. The minimum absolute atomic E-state index is 0.198. The van der Waals surface area contributed by atoms with Gasteiger partial charge in [0, 0.05) is 11.8 Å². The van der Waals surface area contributed by atoms with Crippen LogP contribution in [0.15, 0.2) is 35.5 Å². The summed E-state index contributed by atoms with van der Waals surface area (Å²) >= 11 is 1.29. The number of nitrogens with zero attached hydrogens (tertiary/aromatic N) is 1. The van der Waals surface area contributed by atoms with Gasteiger partial charge in [0.15, 0.2) is 5.69 Å². The Labute approximate surface area is 133 Å². The molecule has 2 rings (SSSR count). The fraction of sp³-hybridized carbons (Fsp3) is 0.188. The molecule has 0 aliphatic heterocycles. The molecule has 0 saturated heterocycles. The van der Waals surface area contributed by atoms with E-state index in [0.29, 0.717) is 15.7 Å². The number of nitrogens with two attached hydrogens (primary N) is 1. The zero-order valence-corrected chi connectivity index (χ0v) is 13.5. The smallest absolute Gasteiger partial charge is 0.277 e. The Morgan fingerprint density at radius 3 is 2.64 bits per heavy atom. The third kappa shape index (κ3) is 3.23. The lowest BCUT2D eigenvalue weighted by Gasteiger charge is -2.05. The molecule has 6 heteroatoms. The van der Waals surface area contributed by atoms with E-state index in [1.165, 1.54) is 11.3 Å². The van der Waals surface area contributed by atoms with Crippen LogP contribution in [0.1, 0.15) is 29.9 Å². The lowest BCUT2D eigenvalue weighted by Crippen LogP contribution is -2.25. The van der Waals surface area contributed by atoms with Crippen LogP contribution in [-0.4, -0.2) is 17.1 Å². The van der Waals surface area contributed by atoms with Gasteiger partial charge in [-0.05, 0) is 26.3 Å². The van der Waals surface area contributed by atoms with Gasteiger partial charge >= 0.3 is 0 Å². The van der Waals surface area contributed by atoms with Gasteiger partial charge in [0.05, 0.1) is 5.70 Å². The van der Waals surface area contributed by atoms with Crippen LogP contribution in [0, 0.1) is 12.3 Å². The molecule has 1 aromatic carbocycles. The lowest BCUT2D eigenvalue weighted by molar-refractivity contribution is 0.0964. The van der Waals surface area contributed by atoms with Crippen LogP contribution < -0.4 is 11.1 Å². The van der Waals surface area contributed by atoms with Gasteiger partial charge in [-0.2, -0.15) is 0 Å². The van der Waals surface area contributed by atoms with Gasteiger partial charge < -0.3 is 16.5 Å². The molecule has 22 heavy (non-hydrogen) atoms. The number of carbonyl (C=O) groups is 1. The first kappa shape index (κ1) is 15.9. The summed E-state index contributed by atoms with van der Waals surface area (Å²) in [7, 11) is 0. The molecule has 0 spiro atoms. The molecular formula is C16H18N4OS. The summed E-state index contributed by atoms with van der Waals surface area (Å²) in [5.41, 5.74) is 9.48. The minimum Gasteiger partial charge on any atom is -0.389 e. The van der Waals surface area contributed by atoms with Crippen molar-refractivity contribution in [3.63, 3.8) is 0 Å². The predicted molar refractivity (Wildman–Crippen MR) is 91.3 cm³/mol. The maximum atomic E-state index is 12.3. The highest BCUT2D eigenvalue weighted by Crippen LogP contribution is 2.31. The molecule has 0 bridgehead atoms. The number of thiazole rings is 1. The number of aromatic nitrogens is 1. The van der Waals surface area contributed by atoms with Crippen molar-refractivity contribution in [2.24, 2.45) is 0 Å². The number of hydrogen-bond donors (Lipinski definition) is 3. The number of nitrogens with one attached hydrogen (secondary N) is 2. The summed E-state index contributed by atoms with van der Waals surface area (Å²) in [4.78, 5) is 16.7. The molecular weight excluding hydrogens is 296 g/mol. The maximum absolute atomic E-state index is 12.3. The van der Waals surface area contributed by atoms with E-state index in [4.69, 9.17) is 11.1 Å². The molecule has 114 valence electrons. The number of allylic oxidation sites excluding steroid dienone is 2. The van der Waals surface area contributed by atoms with Gasteiger partial charge in [0.1, 0.15) is 10.0 Å². The number of benzene rings is 1. The molecule has 0 atom stereocenters. The van der Waals surface area contributed by atoms with Crippen LogP contribution in [0.3, 0.4) is 0 Å². The first-order valence-corrected chi connectivity index (χ1v) is 7.57. The van der Waals surface area contributed by atoms with Crippen molar-refractivity contribution in [1.82, 2.24) is 10.3 Å². The monoisotopic (exact) mass is 314 g/mol. The van der Waals surface area contributed by atoms with Crippen LogP contribution in [0.5, 0.6) is 0 Å². The van der Waals surface area contributed by atoms with E-state index in [1.54, 1.807) is 0 Å². The number of aryl methyl sites for hydroxylation is 1. The Hall–Kier alpha value is -2.47. The normalized spacial score (nSPS) is 10.1. The summed E-state index contributed by atoms with van der Waals surface area (Å²) < 4.78 is 0. The Kier molecular flexibility index (Phi) is 4.72. The summed E-state index contributed by atoms with van der Waals surface area (Å²) in [6, 6.07) is 7.82. The Bertz CT molecular complexity index is 757. The van der Waals surface area contributed by atoms with Crippen molar-refractivity contribution in [1.29, 1.82) is 5.41 Å². The second-order valence-electron chi connectivity index (χ2n) is 5.06. The molecule has 1 amide bonds. The Morgan fingerprint density at radius 1 is 1.36 bits per heavy atom. The summed E-state index contributed by atoms with van der Waals surface area (Å²) in [6.45, 7) is 5.64. The van der Waals surface area contributed by atoms with Gasteiger partial charge in [-0.15, -0.1) is 0 Å². The van der Waals surface area contributed by atoms with Crippen LogP contribution in [0.4, 0.5) is 5.00 Å². The molecule has 0 saturated carbocycles. The number of hydrogen-bond acceptors (Lipinski definition) is 5. The van der Waals surface area contributed by atoms with Gasteiger partial charge in [-0.25, -0.2) is 4.98 Å². The van der Waals surface area contributed by atoms with E-state index >= 15 is 0 Å². The third-order valence-electron chi connectivity index (χ3n) is 3.18. The highest BCUT2D eigenvalue weighted by atomic mass is 32.1. The van der Waals surface area contributed by atoms with E-state index < -0.39 is 5.91 Å². The lowest BCUT2D eigenvalue weighted by atomic mass is 10.1. The first-order valence-electron chi connectivity index (χ1n) is 6.75. The average Bonchev–Trinajstić information content (AvgIpc) is 2.86. The van der Waals surface area contributed by atoms with E-state index in [0.717, 1.165) is 22.9 Å². The molecule has 0 aliphatic rings. The van der Waals surface area contributed by atoms with Crippen molar-refractivity contribution in [2.75, 3.05) is 5.73 Å². The summed E-state index contributed by atoms with van der Waals surface area (Å²) in [5, 5.41) is 11.1. The van der Waals surface area contributed by atoms with Crippen LogP contribution in [0.25, 0.3) is 10.6 Å². The summed E-state index contributed by atoms with van der Waals surface area (Å²) in [5.74, 6) is -0.395. The minimum atomic E-state index is -0.395. The molecule has 1 heterocycles. The molecule has 1 aromatic heterocycles. The van der Waals surface area contributed by atoms with Crippen molar-refractivity contribution >= 4 is 28.5 Å². The van der Waals surface area contributed by atoms with E-state index in [1.807, 2.05) is 45.0 Å². The van der Waals surface area contributed by atoms with Gasteiger partial charge in [0.2, 0.25) is 0 Å². The molecule has 0 fully saturated rings. The fourth-order valence-corrected chi connectivity index (χ4v) is 2.83. The molecule has 2 aromatic rings. The van der Waals surface area contributed by atoms with Crippen LogP contribution in [0.2, 0.25) is 0 Å². The van der Waals surface area contributed by atoms with E-state index in [-0.39, 0.29) is 5.69 Å². The maximum Gasteiger partial charge on any atom is 0.277 e. The molecule has 5 nitrogen and oxygen atoms in total. The first-order chi connectivity index (χ1) is 10.4. The van der Waals surface area contributed by atoms with Crippen molar-refractivity contribution in [2.45, 2.75) is 20.8 Å². The van der Waals surface area contributed by atoms with Gasteiger partial charge in [-0.3, -0.25) is 4.79 Å². The standard InChI is InChI=1S/C16H18N4OS/c1-9(2)12(8-17)19-15(21)13-14(18)22-16(20-13)11-7-5-4-6-10(11)3/h4-8,17H,18H2,1-3H3,(H,19,21). The summed E-state index contributed by atoms with van der Waals surface area (Å²) in [6.07, 6.45) is 1.11. The topological polar surface area (TPSA) is 91.9 Å². The number of rotatable bonds is 4. The average molecular weight is 314 g/mol. The van der Waals surface area contributed by atoms with Crippen molar-refractivity contribution in [3.05, 3.63) is 46.8 Å². The molecule has 0 unspecified atom stereocenters. The molecule has 4 N–H and O–H groups in total. The quantitative estimate of drug-likeness (QED) is 0.755. The van der Waals surface area contributed by atoms with Crippen molar-refractivity contribution in [3.8, 4) is 10.6 Å². The zero-order valence-electron chi connectivity index (χ0n) is 12.7. The third-order valence-corrected chi connectivity index (χ3v) is 4.09. The Morgan fingerprint density at radius 2 is 2.05 bits per heavy atom. The Balaban J connectivity index is 2.35. The molecule has 0 radical (unpaired) electrons. The van der Waals surface area contributed by atoms with Crippen molar-refractivity contribution < 1.29 is 4.79 Å². The highest BCUT2D eigenvalue weighted by molar-refractivity contribution is 7.19. The second kappa shape index (κ2) is 6.53. The number of amides is 1.